The lowest BCUT2D eigenvalue weighted by atomic mass is 10.2. The Labute approximate surface area is 106 Å². The van der Waals surface area contributed by atoms with E-state index < -0.39 is 0 Å². The number of hydrogen-bond donors (Lipinski definition) is 0. The first-order valence-corrected chi connectivity index (χ1v) is 5.90. The van der Waals surface area contributed by atoms with Crippen molar-refractivity contribution in [3.05, 3.63) is 30.2 Å². The van der Waals surface area contributed by atoms with E-state index >= 15 is 0 Å². The molecule has 0 amide bonds. The van der Waals surface area contributed by atoms with E-state index in [4.69, 9.17) is 13.9 Å². The van der Waals surface area contributed by atoms with Crippen molar-refractivity contribution >= 4 is 0 Å². The smallest absolute Gasteiger partial charge is 0.247 e. The number of ether oxygens (including phenoxy) is 2. The molecule has 0 aliphatic carbocycles. The molecule has 1 aromatic heterocycles. The van der Waals surface area contributed by atoms with E-state index in [2.05, 4.69) is 10.2 Å². The molecule has 0 saturated heterocycles. The Hall–Kier alpha value is -1.88. The van der Waals surface area contributed by atoms with Crippen LogP contribution in [0.3, 0.4) is 0 Å². The van der Waals surface area contributed by atoms with E-state index in [0.29, 0.717) is 31.6 Å². The predicted molar refractivity (Wildman–Crippen MR) is 66.5 cm³/mol. The van der Waals surface area contributed by atoms with E-state index in [0.717, 1.165) is 11.3 Å². The average molecular weight is 248 g/mol. The lowest BCUT2D eigenvalue weighted by molar-refractivity contribution is 0.110. The molecule has 18 heavy (non-hydrogen) atoms. The number of hydrogen-bond acceptors (Lipinski definition) is 5. The Morgan fingerprint density at radius 1 is 1.11 bits per heavy atom. The zero-order valence-electron chi connectivity index (χ0n) is 10.5. The first-order valence-electron chi connectivity index (χ1n) is 5.90. The molecular weight excluding hydrogens is 232 g/mol. The fourth-order valence-corrected chi connectivity index (χ4v) is 1.47. The minimum Gasteiger partial charge on any atom is -0.491 e. The van der Waals surface area contributed by atoms with E-state index in [1.165, 1.54) is 0 Å². The van der Waals surface area contributed by atoms with Crippen molar-refractivity contribution in [2.75, 3.05) is 19.8 Å². The van der Waals surface area contributed by atoms with Gasteiger partial charge in [0, 0.05) is 19.1 Å². The van der Waals surface area contributed by atoms with Crippen molar-refractivity contribution < 1.29 is 13.9 Å². The van der Waals surface area contributed by atoms with Crippen LogP contribution in [0.25, 0.3) is 11.5 Å². The van der Waals surface area contributed by atoms with Crippen molar-refractivity contribution in [2.45, 2.75) is 13.8 Å². The Kier molecular flexibility index (Phi) is 4.30. The van der Waals surface area contributed by atoms with Crippen LogP contribution in [0.2, 0.25) is 0 Å². The molecule has 5 heteroatoms. The number of rotatable bonds is 6. The molecule has 0 N–H and O–H groups in total. The van der Waals surface area contributed by atoms with Crippen molar-refractivity contribution in [1.29, 1.82) is 0 Å². The quantitative estimate of drug-likeness (QED) is 0.735. The zero-order chi connectivity index (χ0) is 12.8. The SMILES string of the molecule is CCOCCOc1ccc(-c2nnc(C)o2)cc1. The number of benzene rings is 1. The molecule has 0 spiro atoms. The molecule has 1 aromatic carbocycles. The van der Waals surface area contributed by atoms with E-state index in [9.17, 15) is 0 Å². The van der Waals surface area contributed by atoms with E-state index in [1.54, 1.807) is 6.92 Å². The van der Waals surface area contributed by atoms with Gasteiger partial charge in [0.05, 0.1) is 6.61 Å². The first-order chi connectivity index (χ1) is 8.79. The van der Waals surface area contributed by atoms with Gasteiger partial charge in [0.1, 0.15) is 12.4 Å². The number of nitrogens with zero attached hydrogens (tertiary/aromatic N) is 2. The second-order valence-corrected chi connectivity index (χ2v) is 3.70. The molecule has 0 saturated carbocycles. The second kappa shape index (κ2) is 6.16. The van der Waals surface area contributed by atoms with E-state index in [1.807, 2.05) is 31.2 Å². The van der Waals surface area contributed by atoms with Crippen LogP contribution in [0, 0.1) is 6.92 Å². The zero-order valence-corrected chi connectivity index (χ0v) is 10.5. The highest BCUT2D eigenvalue weighted by Crippen LogP contribution is 2.20. The molecule has 2 aromatic rings. The highest BCUT2D eigenvalue weighted by atomic mass is 16.5. The van der Waals surface area contributed by atoms with Crippen molar-refractivity contribution in [2.24, 2.45) is 0 Å². The maximum atomic E-state index is 5.51. The summed E-state index contributed by atoms with van der Waals surface area (Å²) in [5, 5.41) is 7.75. The monoisotopic (exact) mass is 248 g/mol. The van der Waals surface area contributed by atoms with Gasteiger partial charge in [-0.15, -0.1) is 10.2 Å². The summed E-state index contributed by atoms with van der Waals surface area (Å²) in [4.78, 5) is 0. The minimum atomic E-state index is 0.522. The molecule has 0 unspecified atom stereocenters. The maximum absolute atomic E-state index is 5.51. The third-order valence-corrected chi connectivity index (χ3v) is 2.33. The standard InChI is InChI=1S/C13H16N2O3/c1-3-16-8-9-17-12-6-4-11(5-7-12)13-15-14-10(2)18-13/h4-7H,3,8-9H2,1-2H3. The van der Waals surface area contributed by atoms with Gasteiger partial charge >= 0.3 is 0 Å². The fourth-order valence-electron chi connectivity index (χ4n) is 1.47. The molecule has 0 bridgehead atoms. The van der Waals surface area contributed by atoms with Gasteiger partial charge in [-0.05, 0) is 31.2 Å². The lowest BCUT2D eigenvalue weighted by Gasteiger charge is -2.06. The molecule has 1 heterocycles. The van der Waals surface area contributed by atoms with E-state index in [-0.39, 0.29) is 0 Å². The highest BCUT2D eigenvalue weighted by molar-refractivity contribution is 5.53. The van der Waals surface area contributed by atoms with Crippen LogP contribution in [0.4, 0.5) is 0 Å². The summed E-state index contributed by atoms with van der Waals surface area (Å²) >= 11 is 0. The summed E-state index contributed by atoms with van der Waals surface area (Å²) in [6.07, 6.45) is 0. The second-order valence-electron chi connectivity index (χ2n) is 3.70. The van der Waals surface area contributed by atoms with Gasteiger partial charge in [-0.2, -0.15) is 0 Å². The fraction of sp³-hybridized carbons (Fsp3) is 0.385. The van der Waals surface area contributed by atoms with Gasteiger partial charge in [0.25, 0.3) is 0 Å². The molecule has 0 aliphatic rings. The van der Waals surface area contributed by atoms with Gasteiger partial charge in [-0.3, -0.25) is 0 Å². The van der Waals surface area contributed by atoms with Crippen LogP contribution in [0.15, 0.2) is 28.7 Å². The number of aryl methyl sites for hydroxylation is 1. The first kappa shape index (κ1) is 12.6. The van der Waals surface area contributed by atoms with Crippen molar-refractivity contribution in [3.8, 4) is 17.2 Å². The van der Waals surface area contributed by atoms with Crippen LogP contribution in [0.1, 0.15) is 12.8 Å². The van der Waals surface area contributed by atoms with Crippen LogP contribution >= 0.6 is 0 Å². The Balaban J connectivity index is 1.93. The van der Waals surface area contributed by atoms with Gasteiger partial charge in [0.15, 0.2) is 0 Å². The van der Waals surface area contributed by atoms with Crippen LogP contribution < -0.4 is 4.74 Å². The molecule has 2 rings (SSSR count). The summed E-state index contributed by atoms with van der Waals surface area (Å²) in [6.45, 7) is 5.58. The summed E-state index contributed by atoms with van der Waals surface area (Å²) in [6, 6.07) is 7.54. The normalized spacial score (nSPS) is 10.6. The molecule has 0 radical (unpaired) electrons. The lowest BCUT2D eigenvalue weighted by Crippen LogP contribution is -2.06. The third-order valence-electron chi connectivity index (χ3n) is 2.33. The maximum Gasteiger partial charge on any atom is 0.247 e. The summed E-state index contributed by atoms with van der Waals surface area (Å²) in [7, 11) is 0. The summed E-state index contributed by atoms with van der Waals surface area (Å²) in [5.41, 5.74) is 0.882. The van der Waals surface area contributed by atoms with Crippen LogP contribution in [-0.2, 0) is 4.74 Å². The highest BCUT2D eigenvalue weighted by Gasteiger charge is 2.05. The van der Waals surface area contributed by atoms with Crippen molar-refractivity contribution in [1.82, 2.24) is 10.2 Å². The summed E-state index contributed by atoms with van der Waals surface area (Å²) < 4.78 is 16.0. The molecule has 0 atom stereocenters. The van der Waals surface area contributed by atoms with Crippen molar-refractivity contribution in [3.63, 3.8) is 0 Å². The van der Waals surface area contributed by atoms with Gasteiger partial charge < -0.3 is 13.9 Å². The van der Waals surface area contributed by atoms with Crippen LogP contribution in [-0.4, -0.2) is 30.0 Å². The molecular formula is C13H16N2O3. The Morgan fingerprint density at radius 3 is 2.50 bits per heavy atom. The largest absolute Gasteiger partial charge is 0.491 e. The van der Waals surface area contributed by atoms with Gasteiger partial charge in [-0.25, -0.2) is 0 Å². The number of aromatic nitrogens is 2. The molecule has 0 fully saturated rings. The topological polar surface area (TPSA) is 57.4 Å². The van der Waals surface area contributed by atoms with Gasteiger partial charge in [0.2, 0.25) is 11.8 Å². The average Bonchev–Trinajstić information content (AvgIpc) is 2.82. The van der Waals surface area contributed by atoms with Crippen LogP contribution in [0.5, 0.6) is 5.75 Å². The molecule has 0 aliphatic heterocycles. The summed E-state index contributed by atoms with van der Waals surface area (Å²) in [5.74, 6) is 1.88. The molecule has 96 valence electrons. The predicted octanol–water partition coefficient (Wildman–Crippen LogP) is 2.46. The minimum absolute atomic E-state index is 0.522. The third kappa shape index (κ3) is 3.30. The Bertz CT molecular complexity index is 479. The van der Waals surface area contributed by atoms with Gasteiger partial charge in [-0.1, -0.05) is 0 Å². The Morgan fingerprint density at radius 2 is 1.89 bits per heavy atom. The molecule has 5 nitrogen and oxygen atoms in total.